The van der Waals surface area contributed by atoms with Crippen LogP contribution in [0.1, 0.15) is 23.6 Å². The third-order valence-electron chi connectivity index (χ3n) is 5.02. The molecule has 144 valence electrons. The molecule has 28 heavy (non-hydrogen) atoms. The number of halogens is 1. The fourth-order valence-electron chi connectivity index (χ4n) is 3.52. The molecule has 2 N–H and O–H groups in total. The number of carbonyl (C=O) groups is 2. The zero-order valence-corrected chi connectivity index (χ0v) is 16.0. The minimum atomic E-state index is -0.313. The molecule has 2 aromatic rings. The zero-order valence-electron chi connectivity index (χ0n) is 15.2. The predicted octanol–water partition coefficient (Wildman–Crippen LogP) is 2.59. The summed E-state index contributed by atoms with van der Waals surface area (Å²) >= 11 is 6.11. The number of benzene rings is 2. The van der Waals surface area contributed by atoms with Crippen LogP contribution in [0.25, 0.3) is 0 Å². The third kappa shape index (κ3) is 3.88. The first-order valence-electron chi connectivity index (χ1n) is 9.20. The Morgan fingerprint density at radius 3 is 2.64 bits per heavy atom. The van der Waals surface area contributed by atoms with E-state index in [1.54, 1.807) is 12.3 Å². The molecule has 0 aromatic heterocycles. The maximum atomic E-state index is 12.8. The van der Waals surface area contributed by atoms with E-state index in [4.69, 9.17) is 11.6 Å². The minimum Gasteiger partial charge on any atom is -0.350 e. The number of hydrazine groups is 1. The van der Waals surface area contributed by atoms with Gasteiger partial charge in [-0.2, -0.15) is 0 Å². The zero-order chi connectivity index (χ0) is 19.5. The molecular formula is C21H21ClN4O2. The summed E-state index contributed by atoms with van der Waals surface area (Å²) in [4.78, 5) is 26.6. The molecule has 2 amide bonds. The van der Waals surface area contributed by atoms with Crippen LogP contribution in [0, 0.1) is 0 Å². The van der Waals surface area contributed by atoms with Crippen LogP contribution in [0.3, 0.4) is 0 Å². The Hall–Kier alpha value is -2.83. The molecule has 0 saturated carbocycles. The minimum absolute atomic E-state index is 0.0138. The smallest absolute Gasteiger partial charge is 0.251 e. The van der Waals surface area contributed by atoms with Crippen molar-refractivity contribution in [1.29, 1.82) is 0 Å². The molecule has 2 atom stereocenters. The van der Waals surface area contributed by atoms with Crippen LogP contribution in [0.4, 0.5) is 0 Å². The number of hydrogen-bond acceptors (Lipinski definition) is 4. The summed E-state index contributed by atoms with van der Waals surface area (Å²) in [5.74, 6) is -0.307. The number of nitrogens with one attached hydrogen (secondary N) is 2. The van der Waals surface area contributed by atoms with Gasteiger partial charge in [0.15, 0.2) is 0 Å². The first kappa shape index (κ1) is 18.5. The van der Waals surface area contributed by atoms with Gasteiger partial charge in [-0.1, -0.05) is 60.1 Å². The monoisotopic (exact) mass is 396 g/mol. The molecule has 0 aliphatic carbocycles. The number of carbonyl (C=O) groups excluding carboxylic acids is 2. The Kier molecular flexibility index (Phi) is 5.32. The van der Waals surface area contributed by atoms with Gasteiger partial charge in [-0.25, -0.2) is 5.43 Å². The Morgan fingerprint density at radius 1 is 1.11 bits per heavy atom. The van der Waals surface area contributed by atoms with E-state index < -0.39 is 0 Å². The molecule has 0 spiro atoms. The highest BCUT2D eigenvalue weighted by Crippen LogP contribution is 2.30. The molecule has 0 radical (unpaired) electrons. The van der Waals surface area contributed by atoms with E-state index in [1.807, 2.05) is 59.7 Å². The van der Waals surface area contributed by atoms with Crippen LogP contribution in [-0.2, 0) is 16.1 Å². The van der Waals surface area contributed by atoms with Crippen molar-refractivity contribution in [3.63, 3.8) is 0 Å². The van der Waals surface area contributed by atoms with Crippen molar-refractivity contribution in [2.45, 2.75) is 25.0 Å². The van der Waals surface area contributed by atoms with E-state index in [1.165, 1.54) is 4.90 Å². The molecule has 4 rings (SSSR count). The van der Waals surface area contributed by atoms with Crippen LogP contribution in [0.15, 0.2) is 67.0 Å². The molecule has 2 aromatic carbocycles. The number of fused-ring (bicyclic) bond motifs is 1. The molecular weight excluding hydrogens is 376 g/mol. The maximum Gasteiger partial charge on any atom is 0.251 e. The number of amides is 2. The number of nitrogens with zero attached hydrogens (tertiary/aromatic N) is 2. The summed E-state index contributed by atoms with van der Waals surface area (Å²) in [6.07, 6.45) is 4.12. The summed E-state index contributed by atoms with van der Waals surface area (Å²) in [6, 6.07) is 17.2. The van der Waals surface area contributed by atoms with Gasteiger partial charge < -0.3 is 15.2 Å². The molecule has 2 aliphatic rings. The first-order valence-corrected chi connectivity index (χ1v) is 9.58. The normalized spacial score (nSPS) is 21.0. The van der Waals surface area contributed by atoms with Crippen molar-refractivity contribution >= 4 is 23.4 Å². The SMILES string of the molecule is O=C(CN1C=CN2NC(c3ccccc3)CC2C1=O)NCc1ccccc1Cl. The first-order chi connectivity index (χ1) is 13.6. The van der Waals surface area contributed by atoms with E-state index in [2.05, 4.69) is 10.7 Å². The van der Waals surface area contributed by atoms with Crippen LogP contribution in [0.5, 0.6) is 0 Å². The second kappa shape index (κ2) is 8.04. The molecule has 2 unspecified atom stereocenters. The lowest BCUT2D eigenvalue weighted by Gasteiger charge is -2.31. The molecule has 1 fully saturated rings. The molecule has 7 heteroatoms. The van der Waals surface area contributed by atoms with E-state index in [0.29, 0.717) is 18.0 Å². The molecule has 2 heterocycles. The Balaban J connectivity index is 1.35. The van der Waals surface area contributed by atoms with Gasteiger partial charge in [0.2, 0.25) is 5.91 Å². The fourth-order valence-corrected chi connectivity index (χ4v) is 3.72. The van der Waals surface area contributed by atoms with Crippen molar-refractivity contribution in [3.8, 4) is 0 Å². The predicted molar refractivity (Wildman–Crippen MR) is 107 cm³/mol. The van der Waals surface area contributed by atoms with Crippen LogP contribution >= 0.6 is 11.6 Å². The summed E-state index contributed by atoms with van der Waals surface area (Å²) in [7, 11) is 0. The Labute approximate surface area is 168 Å². The highest BCUT2D eigenvalue weighted by atomic mass is 35.5. The van der Waals surface area contributed by atoms with Crippen molar-refractivity contribution in [2.75, 3.05) is 6.54 Å². The molecule has 1 saturated heterocycles. The highest BCUT2D eigenvalue weighted by molar-refractivity contribution is 6.31. The van der Waals surface area contributed by atoms with Gasteiger partial charge in [-0.15, -0.1) is 0 Å². The van der Waals surface area contributed by atoms with Crippen LogP contribution < -0.4 is 10.7 Å². The van der Waals surface area contributed by atoms with E-state index in [0.717, 1.165) is 11.1 Å². The lowest BCUT2D eigenvalue weighted by molar-refractivity contribution is -0.138. The topological polar surface area (TPSA) is 64.7 Å². The average molecular weight is 397 g/mol. The third-order valence-corrected chi connectivity index (χ3v) is 5.39. The van der Waals surface area contributed by atoms with Gasteiger partial charge >= 0.3 is 0 Å². The quantitative estimate of drug-likeness (QED) is 0.815. The second-order valence-electron chi connectivity index (χ2n) is 6.88. The van der Waals surface area contributed by atoms with Gasteiger partial charge in [0, 0.05) is 24.0 Å². The standard InChI is InChI=1S/C21H21ClN4O2/c22-17-9-5-4-8-16(17)13-23-20(27)14-25-10-11-26-19(21(25)28)12-18(24-26)15-6-2-1-3-7-15/h1-11,18-19,24H,12-14H2,(H,23,27). The summed E-state index contributed by atoms with van der Waals surface area (Å²) < 4.78 is 0. The Bertz CT molecular complexity index is 902. The maximum absolute atomic E-state index is 12.8. The van der Waals surface area contributed by atoms with E-state index in [-0.39, 0.29) is 30.4 Å². The van der Waals surface area contributed by atoms with E-state index in [9.17, 15) is 9.59 Å². The average Bonchev–Trinajstić information content (AvgIpc) is 3.15. The fraction of sp³-hybridized carbons (Fsp3) is 0.238. The van der Waals surface area contributed by atoms with Gasteiger partial charge in [-0.3, -0.25) is 9.59 Å². The summed E-state index contributed by atoms with van der Waals surface area (Å²) in [5.41, 5.74) is 5.33. The van der Waals surface area contributed by atoms with Crippen molar-refractivity contribution in [1.82, 2.24) is 20.7 Å². The highest BCUT2D eigenvalue weighted by Gasteiger charge is 2.40. The molecule has 0 bridgehead atoms. The van der Waals surface area contributed by atoms with Crippen LogP contribution in [0.2, 0.25) is 5.02 Å². The molecule has 2 aliphatic heterocycles. The lowest BCUT2D eigenvalue weighted by atomic mass is 10.0. The van der Waals surface area contributed by atoms with E-state index >= 15 is 0 Å². The summed E-state index contributed by atoms with van der Waals surface area (Å²) in [6.45, 7) is 0.317. The van der Waals surface area contributed by atoms with Crippen molar-refractivity contribution in [2.24, 2.45) is 0 Å². The van der Waals surface area contributed by atoms with Crippen molar-refractivity contribution < 1.29 is 9.59 Å². The summed E-state index contributed by atoms with van der Waals surface area (Å²) in [5, 5.41) is 5.26. The second-order valence-corrected chi connectivity index (χ2v) is 7.29. The largest absolute Gasteiger partial charge is 0.350 e. The van der Waals surface area contributed by atoms with Crippen molar-refractivity contribution in [3.05, 3.63) is 83.1 Å². The molecule has 6 nitrogen and oxygen atoms in total. The van der Waals surface area contributed by atoms with Gasteiger partial charge in [0.05, 0.1) is 6.04 Å². The van der Waals surface area contributed by atoms with Gasteiger partial charge in [0.1, 0.15) is 12.6 Å². The van der Waals surface area contributed by atoms with Gasteiger partial charge in [-0.05, 0) is 23.6 Å². The van der Waals surface area contributed by atoms with Crippen LogP contribution in [-0.4, -0.2) is 34.3 Å². The lowest BCUT2D eigenvalue weighted by Crippen LogP contribution is -2.50. The Morgan fingerprint density at radius 2 is 1.86 bits per heavy atom. The number of rotatable bonds is 5. The number of hydrogen-bond donors (Lipinski definition) is 2. The van der Waals surface area contributed by atoms with Gasteiger partial charge in [0.25, 0.3) is 5.91 Å².